The van der Waals surface area contributed by atoms with Gasteiger partial charge in [-0.05, 0) is 29.8 Å². The molecule has 0 radical (unpaired) electrons. The van der Waals surface area contributed by atoms with Crippen LogP contribution in [0.3, 0.4) is 0 Å². The Balaban J connectivity index is 1.48. The lowest BCUT2D eigenvalue weighted by Crippen LogP contribution is -2.15. The quantitative estimate of drug-likeness (QED) is 0.435. The summed E-state index contributed by atoms with van der Waals surface area (Å²) in [7, 11) is 0. The van der Waals surface area contributed by atoms with Gasteiger partial charge in [-0.2, -0.15) is 0 Å². The highest BCUT2D eigenvalue weighted by molar-refractivity contribution is 9.10. The zero-order valence-corrected chi connectivity index (χ0v) is 16.2. The molecule has 2 aromatic carbocycles. The summed E-state index contributed by atoms with van der Waals surface area (Å²) in [6.45, 7) is 1.18. The number of nitrogens with zero attached hydrogens (tertiary/aromatic N) is 3. The summed E-state index contributed by atoms with van der Waals surface area (Å²) in [6, 6.07) is 12.3. The number of thiazole rings is 1. The molecular formula is C17H12BrN3O2S2. The minimum Gasteiger partial charge on any atom is -0.486 e. The van der Waals surface area contributed by atoms with Gasteiger partial charge in [-0.1, -0.05) is 51.2 Å². The minimum absolute atomic E-state index is 0.590. The van der Waals surface area contributed by atoms with Crippen molar-refractivity contribution in [3.8, 4) is 11.5 Å². The van der Waals surface area contributed by atoms with E-state index in [-0.39, 0.29) is 0 Å². The molecule has 0 saturated heterocycles. The van der Waals surface area contributed by atoms with E-state index in [1.54, 1.807) is 23.1 Å². The predicted molar refractivity (Wildman–Crippen MR) is 103 cm³/mol. The molecule has 5 rings (SSSR count). The van der Waals surface area contributed by atoms with E-state index >= 15 is 0 Å². The molecule has 0 unspecified atom stereocenters. The first kappa shape index (κ1) is 15.5. The van der Waals surface area contributed by atoms with Gasteiger partial charge >= 0.3 is 0 Å². The second-order valence-electron chi connectivity index (χ2n) is 5.55. The maximum atomic E-state index is 5.69. The first-order chi connectivity index (χ1) is 12.3. The summed E-state index contributed by atoms with van der Waals surface area (Å²) in [5.41, 5.74) is 2.29. The Kier molecular flexibility index (Phi) is 3.83. The summed E-state index contributed by atoms with van der Waals surface area (Å²) in [4.78, 5) is 0.921. The van der Waals surface area contributed by atoms with E-state index in [9.17, 15) is 0 Å². The van der Waals surface area contributed by atoms with Gasteiger partial charge in [0.25, 0.3) is 0 Å². The number of aromatic nitrogens is 3. The topological polar surface area (TPSA) is 48.7 Å². The third-order valence-corrected chi connectivity index (χ3v) is 6.71. The third kappa shape index (κ3) is 2.68. The molecule has 0 bridgehead atoms. The van der Waals surface area contributed by atoms with Crippen LogP contribution in [0.5, 0.6) is 11.5 Å². The van der Waals surface area contributed by atoms with E-state index in [1.165, 1.54) is 4.70 Å². The summed E-state index contributed by atoms with van der Waals surface area (Å²) >= 11 is 6.95. The van der Waals surface area contributed by atoms with Gasteiger partial charge in [-0.3, -0.25) is 4.40 Å². The summed E-state index contributed by atoms with van der Waals surface area (Å²) in [5, 5.41) is 9.57. The van der Waals surface area contributed by atoms with E-state index in [0.717, 1.165) is 42.9 Å². The number of hydrogen-bond donors (Lipinski definition) is 0. The molecule has 1 aliphatic rings. The van der Waals surface area contributed by atoms with Crippen molar-refractivity contribution < 1.29 is 9.47 Å². The average molecular weight is 434 g/mol. The standard InChI is InChI=1S/C17H12BrN3O2S2/c18-11-8-14-13(22-5-6-23-14)7-10(11)9-24-16-19-20-17-21(16)12-3-1-2-4-15(12)25-17/h1-4,7-8H,5-6,9H2. The molecule has 5 nitrogen and oxygen atoms in total. The second kappa shape index (κ2) is 6.19. The predicted octanol–water partition coefficient (Wildman–Crippen LogP) is 4.77. The normalized spacial score (nSPS) is 13.6. The van der Waals surface area contributed by atoms with Crippen LogP contribution in [0, 0.1) is 0 Å². The Labute approximate surface area is 160 Å². The van der Waals surface area contributed by atoms with Crippen molar-refractivity contribution in [3.63, 3.8) is 0 Å². The molecule has 4 aromatic rings. The Hall–Kier alpha value is -1.77. The number of hydrogen-bond acceptors (Lipinski definition) is 6. The molecule has 0 amide bonds. The Morgan fingerprint density at radius 2 is 1.92 bits per heavy atom. The fourth-order valence-corrected chi connectivity index (χ4v) is 5.41. The molecule has 2 aromatic heterocycles. The first-order valence-electron chi connectivity index (χ1n) is 7.73. The summed E-state index contributed by atoms with van der Waals surface area (Å²) in [6.07, 6.45) is 0. The van der Waals surface area contributed by atoms with Crippen molar-refractivity contribution in [3.05, 3.63) is 46.4 Å². The van der Waals surface area contributed by atoms with Crippen LogP contribution in [-0.2, 0) is 5.75 Å². The van der Waals surface area contributed by atoms with Crippen LogP contribution in [0.2, 0.25) is 0 Å². The average Bonchev–Trinajstić information content (AvgIpc) is 3.19. The van der Waals surface area contributed by atoms with E-state index in [1.807, 2.05) is 24.3 Å². The highest BCUT2D eigenvalue weighted by Crippen LogP contribution is 2.38. The van der Waals surface area contributed by atoms with E-state index < -0.39 is 0 Å². The van der Waals surface area contributed by atoms with Gasteiger partial charge in [0.1, 0.15) is 13.2 Å². The van der Waals surface area contributed by atoms with E-state index in [4.69, 9.17) is 9.47 Å². The number of thioether (sulfide) groups is 1. The van der Waals surface area contributed by atoms with Gasteiger partial charge in [0, 0.05) is 10.2 Å². The van der Waals surface area contributed by atoms with Gasteiger partial charge in [0.2, 0.25) is 4.96 Å². The lowest BCUT2D eigenvalue weighted by Gasteiger charge is -2.19. The Morgan fingerprint density at radius 3 is 2.80 bits per heavy atom. The SMILES string of the molecule is Brc1cc2c(cc1CSc1nnc3sc4ccccc4n13)OCCO2. The Morgan fingerprint density at radius 1 is 1.12 bits per heavy atom. The van der Waals surface area contributed by atoms with E-state index in [0.29, 0.717) is 13.2 Å². The zero-order valence-electron chi connectivity index (χ0n) is 12.9. The molecule has 0 atom stereocenters. The van der Waals surface area contributed by atoms with Crippen LogP contribution in [0.25, 0.3) is 15.2 Å². The fraction of sp³-hybridized carbons (Fsp3) is 0.176. The largest absolute Gasteiger partial charge is 0.486 e. The molecule has 0 saturated carbocycles. The first-order valence-corrected chi connectivity index (χ1v) is 10.3. The van der Waals surface area contributed by atoms with Gasteiger partial charge in [-0.25, -0.2) is 0 Å². The van der Waals surface area contributed by atoms with Crippen molar-refractivity contribution in [1.29, 1.82) is 0 Å². The van der Waals surface area contributed by atoms with Crippen LogP contribution in [-0.4, -0.2) is 27.8 Å². The number of ether oxygens (including phenoxy) is 2. The van der Waals surface area contributed by atoms with Crippen LogP contribution in [0.15, 0.2) is 46.0 Å². The summed E-state index contributed by atoms with van der Waals surface area (Å²) in [5.74, 6) is 2.36. The number of fused-ring (bicyclic) bond motifs is 4. The van der Waals surface area contributed by atoms with Crippen LogP contribution >= 0.6 is 39.0 Å². The summed E-state index contributed by atoms with van der Waals surface area (Å²) < 4.78 is 15.7. The molecule has 3 heterocycles. The Bertz CT molecular complexity index is 1090. The van der Waals surface area contributed by atoms with Gasteiger partial charge in [-0.15, -0.1) is 10.2 Å². The van der Waals surface area contributed by atoms with Crippen molar-refractivity contribution in [2.45, 2.75) is 10.9 Å². The number of rotatable bonds is 3. The van der Waals surface area contributed by atoms with Gasteiger partial charge in [0.05, 0.1) is 10.2 Å². The third-order valence-electron chi connectivity index (χ3n) is 3.98. The number of benzene rings is 2. The van der Waals surface area contributed by atoms with Crippen molar-refractivity contribution >= 4 is 54.2 Å². The van der Waals surface area contributed by atoms with Crippen LogP contribution in [0.1, 0.15) is 5.56 Å². The molecule has 0 fully saturated rings. The fourth-order valence-electron chi connectivity index (χ4n) is 2.81. The lowest BCUT2D eigenvalue weighted by atomic mass is 10.2. The van der Waals surface area contributed by atoms with Crippen LogP contribution in [0.4, 0.5) is 0 Å². The number of para-hydroxylation sites is 1. The molecule has 0 N–H and O–H groups in total. The molecular weight excluding hydrogens is 422 g/mol. The minimum atomic E-state index is 0.590. The highest BCUT2D eigenvalue weighted by Gasteiger charge is 2.17. The maximum Gasteiger partial charge on any atom is 0.217 e. The van der Waals surface area contributed by atoms with Crippen molar-refractivity contribution in [1.82, 2.24) is 14.6 Å². The van der Waals surface area contributed by atoms with Crippen molar-refractivity contribution in [2.75, 3.05) is 13.2 Å². The smallest absolute Gasteiger partial charge is 0.217 e. The molecule has 25 heavy (non-hydrogen) atoms. The lowest BCUT2D eigenvalue weighted by molar-refractivity contribution is 0.171. The molecule has 0 aliphatic carbocycles. The van der Waals surface area contributed by atoms with Gasteiger partial charge < -0.3 is 9.47 Å². The highest BCUT2D eigenvalue weighted by atomic mass is 79.9. The molecule has 0 spiro atoms. The zero-order chi connectivity index (χ0) is 16.8. The number of halogens is 1. The molecule has 126 valence electrons. The molecule has 1 aliphatic heterocycles. The van der Waals surface area contributed by atoms with Crippen molar-refractivity contribution in [2.24, 2.45) is 0 Å². The molecule has 8 heteroatoms. The van der Waals surface area contributed by atoms with Crippen LogP contribution < -0.4 is 9.47 Å². The van der Waals surface area contributed by atoms with Gasteiger partial charge in [0.15, 0.2) is 16.7 Å². The van der Waals surface area contributed by atoms with E-state index in [2.05, 4.69) is 42.7 Å². The maximum absolute atomic E-state index is 5.69. The monoisotopic (exact) mass is 433 g/mol. The second-order valence-corrected chi connectivity index (χ2v) is 8.35.